The summed E-state index contributed by atoms with van der Waals surface area (Å²) in [5.74, 6) is 1.50. The van der Waals surface area contributed by atoms with Crippen LogP contribution in [0.2, 0.25) is 0 Å². The van der Waals surface area contributed by atoms with Crippen LogP contribution in [0.5, 0.6) is 0 Å². The fourth-order valence-corrected chi connectivity index (χ4v) is 4.84. The molecule has 3 nitrogen and oxygen atoms in total. The lowest BCUT2D eigenvalue weighted by Crippen LogP contribution is -2.45. The van der Waals surface area contributed by atoms with E-state index in [1.807, 2.05) is 0 Å². The van der Waals surface area contributed by atoms with Gasteiger partial charge in [0, 0.05) is 25.2 Å². The minimum absolute atomic E-state index is 0.555. The van der Waals surface area contributed by atoms with E-state index in [4.69, 9.17) is 4.74 Å². The molecule has 1 aromatic rings. The van der Waals surface area contributed by atoms with Crippen molar-refractivity contribution in [2.24, 2.45) is 11.8 Å². The van der Waals surface area contributed by atoms with Crippen LogP contribution in [-0.4, -0.2) is 43.8 Å². The second-order valence-corrected chi connectivity index (χ2v) is 8.33. The zero-order valence-corrected chi connectivity index (χ0v) is 15.3. The number of fused-ring (bicyclic) bond motifs is 1. The van der Waals surface area contributed by atoms with Crippen LogP contribution in [0, 0.1) is 18.8 Å². The van der Waals surface area contributed by atoms with Gasteiger partial charge in [0.25, 0.3) is 0 Å². The molecule has 132 valence electrons. The molecular weight excluding hydrogens is 296 g/mol. The standard InChI is InChI=1S/C21H32N2O/c1-15-3-4-18-12-16(2)21(20(18)11-15)22-19-5-8-23(9-6-19)13-17-7-10-24-14-17/h3-4,11,16-17,19,21-22H,5-10,12-14H2,1-2H3/t16-,17+,21+/m0/s1. The maximum atomic E-state index is 5.52. The van der Waals surface area contributed by atoms with Crippen molar-refractivity contribution in [2.75, 3.05) is 32.8 Å². The van der Waals surface area contributed by atoms with Crippen LogP contribution in [0.3, 0.4) is 0 Å². The summed E-state index contributed by atoms with van der Waals surface area (Å²) in [4.78, 5) is 2.66. The molecule has 0 bridgehead atoms. The first-order valence-electron chi connectivity index (χ1n) is 9.84. The number of likely N-dealkylation sites (tertiary alicyclic amines) is 1. The van der Waals surface area contributed by atoms with Gasteiger partial charge in [0.1, 0.15) is 0 Å². The lowest BCUT2D eigenvalue weighted by molar-refractivity contribution is 0.143. The zero-order valence-electron chi connectivity index (χ0n) is 15.3. The Balaban J connectivity index is 1.32. The molecule has 0 aromatic heterocycles. The quantitative estimate of drug-likeness (QED) is 0.918. The van der Waals surface area contributed by atoms with Crippen molar-refractivity contribution in [3.8, 4) is 0 Å². The number of hydrogen-bond acceptors (Lipinski definition) is 3. The Kier molecular flexibility index (Phi) is 4.93. The molecule has 1 aliphatic carbocycles. The first kappa shape index (κ1) is 16.6. The summed E-state index contributed by atoms with van der Waals surface area (Å²) in [6.45, 7) is 10.3. The summed E-state index contributed by atoms with van der Waals surface area (Å²) in [7, 11) is 0. The fourth-order valence-electron chi connectivity index (χ4n) is 4.84. The maximum absolute atomic E-state index is 5.52. The summed E-state index contributed by atoms with van der Waals surface area (Å²) in [6, 6.07) is 8.25. The molecule has 2 fully saturated rings. The highest BCUT2D eigenvalue weighted by Gasteiger charge is 2.32. The van der Waals surface area contributed by atoms with Gasteiger partial charge in [-0.2, -0.15) is 0 Å². The molecule has 0 radical (unpaired) electrons. The fraction of sp³-hybridized carbons (Fsp3) is 0.714. The lowest BCUT2D eigenvalue weighted by Gasteiger charge is -2.36. The number of rotatable bonds is 4. The van der Waals surface area contributed by atoms with Gasteiger partial charge in [-0.05, 0) is 68.7 Å². The monoisotopic (exact) mass is 328 g/mol. The van der Waals surface area contributed by atoms with E-state index >= 15 is 0 Å². The minimum atomic E-state index is 0.555. The largest absolute Gasteiger partial charge is 0.381 e. The third kappa shape index (κ3) is 3.54. The highest BCUT2D eigenvalue weighted by Crippen LogP contribution is 2.37. The molecule has 1 N–H and O–H groups in total. The molecule has 2 saturated heterocycles. The molecule has 0 saturated carbocycles. The highest BCUT2D eigenvalue weighted by molar-refractivity contribution is 5.38. The molecule has 0 unspecified atom stereocenters. The van der Waals surface area contributed by atoms with Crippen LogP contribution in [0.4, 0.5) is 0 Å². The van der Waals surface area contributed by atoms with Gasteiger partial charge < -0.3 is 15.0 Å². The van der Waals surface area contributed by atoms with Gasteiger partial charge in [-0.25, -0.2) is 0 Å². The Morgan fingerprint density at radius 3 is 2.79 bits per heavy atom. The minimum Gasteiger partial charge on any atom is -0.381 e. The summed E-state index contributed by atoms with van der Waals surface area (Å²) in [5, 5.41) is 4.01. The molecule has 4 rings (SSSR count). The normalized spacial score (nSPS) is 31.5. The number of nitrogens with one attached hydrogen (secondary N) is 1. The molecular formula is C21H32N2O. The summed E-state index contributed by atoms with van der Waals surface area (Å²) >= 11 is 0. The van der Waals surface area contributed by atoms with Gasteiger partial charge >= 0.3 is 0 Å². The Hall–Kier alpha value is -0.900. The second kappa shape index (κ2) is 7.15. The van der Waals surface area contributed by atoms with Crippen molar-refractivity contribution in [3.63, 3.8) is 0 Å². The lowest BCUT2D eigenvalue weighted by atomic mass is 9.97. The van der Waals surface area contributed by atoms with Gasteiger partial charge in [-0.1, -0.05) is 30.7 Å². The average Bonchev–Trinajstić information content (AvgIpc) is 3.18. The van der Waals surface area contributed by atoms with Gasteiger partial charge in [-0.3, -0.25) is 0 Å². The van der Waals surface area contributed by atoms with Crippen LogP contribution < -0.4 is 5.32 Å². The molecule has 0 amide bonds. The third-order valence-electron chi connectivity index (χ3n) is 6.29. The molecule has 3 aliphatic rings. The van der Waals surface area contributed by atoms with Gasteiger partial charge in [-0.15, -0.1) is 0 Å². The molecule has 3 atom stereocenters. The Morgan fingerprint density at radius 2 is 2.04 bits per heavy atom. The SMILES string of the molecule is Cc1ccc2c(c1)[C@H](NC1CCN(C[C@H]3CCOC3)CC1)[C@@H](C)C2. The molecule has 1 aromatic carbocycles. The number of hydrogen-bond donors (Lipinski definition) is 1. The van der Waals surface area contributed by atoms with Crippen LogP contribution in [-0.2, 0) is 11.2 Å². The van der Waals surface area contributed by atoms with E-state index in [0.717, 1.165) is 25.0 Å². The van der Waals surface area contributed by atoms with E-state index in [-0.39, 0.29) is 0 Å². The number of piperidine rings is 1. The number of ether oxygens (including phenoxy) is 1. The van der Waals surface area contributed by atoms with E-state index in [0.29, 0.717) is 12.1 Å². The van der Waals surface area contributed by atoms with Crippen LogP contribution in [0.15, 0.2) is 18.2 Å². The molecule has 2 heterocycles. The zero-order chi connectivity index (χ0) is 16.5. The predicted octanol–water partition coefficient (Wildman–Crippen LogP) is 3.32. The van der Waals surface area contributed by atoms with E-state index in [9.17, 15) is 0 Å². The van der Waals surface area contributed by atoms with Crippen LogP contribution in [0.25, 0.3) is 0 Å². The van der Waals surface area contributed by atoms with Crippen LogP contribution in [0.1, 0.15) is 48.9 Å². The van der Waals surface area contributed by atoms with Crippen molar-refractivity contribution in [2.45, 2.75) is 51.6 Å². The van der Waals surface area contributed by atoms with Crippen molar-refractivity contribution < 1.29 is 4.74 Å². The van der Waals surface area contributed by atoms with Crippen LogP contribution >= 0.6 is 0 Å². The smallest absolute Gasteiger partial charge is 0.0507 e. The number of benzene rings is 1. The molecule has 3 heteroatoms. The van der Waals surface area contributed by atoms with Crippen molar-refractivity contribution >= 4 is 0 Å². The maximum Gasteiger partial charge on any atom is 0.0507 e. The molecule has 2 aliphatic heterocycles. The number of nitrogens with zero attached hydrogens (tertiary/aromatic N) is 1. The van der Waals surface area contributed by atoms with Crippen molar-refractivity contribution in [3.05, 3.63) is 34.9 Å². The topological polar surface area (TPSA) is 24.5 Å². The molecule has 24 heavy (non-hydrogen) atoms. The third-order valence-corrected chi connectivity index (χ3v) is 6.29. The van der Waals surface area contributed by atoms with Gasteiger partial charge in [0.05, 0.1) is 6.61 Å². The van der Waals surface area contributed by atoms with Gasteiger partial charge in [0.15, 0.2) is 0 Å². The van der Waals surface area contributed by atoms with E-state index in [1.165, 1.54) is 50.9 Å². The Labute approximate surface area is 146 Å². The first-order valence-corrected chi connectivity index (χ1v) is 9.84. The van der Waals surface area contributed by atoms with E-state index in [1.54, 1.807) is 11.1 Å². The average molecular weight is 329 g/mol. The first-order chi connectivity index (χ1) is 11.7. The van der Waals surface area contributed by atoms with E-state index < -0.39 is 0 Å². The van der Waals surface area contributed by atoms with Gasteiger partial charge in [0.2, 0.25) is 0 Å². The van der Waals surface area contributed by atoms with Crippen molar-refractivity contribution in [1.82, 2.24) is 10.2 Å². The molecule has 0 spiro atoms. The summed E-state index contributed by atoms with van der Waals surface area (Å²) < 4.78 is 5.52. The predicted molar refractivity (Wildman–Crippen MR) is 98.3 cm³/mol. The second-order valence-electron chi connectivity index (χ2n) is 8.33. The van der Waals surface area contributed by atoms with Crippen molar-refractivity contribution in [1.29, 1.82) is 0 Å². The Morgan fingerprint density at radius 1 is 1.21 bits per heavy atom. The van der Waals surface area contributed by atoms with E-state index in [2.05, 4.69) is 42.3 Å². The number of aryl methyl sites for hydroxylation is 1. The summed E-state index contributed by atoms with van der Waals surface area (Å²) in [5.41, 5.74) is 4.51. The highest BCUT2D eigenvalue weighted by atomic mass is 16.5. The summed E-state index contributed by atoms with van der Waals surface area (Å²) in [6.07, 6.45) is 5.07. The Bertz CT molecular complexity index is 559.